The van der Waals surface area contributed by atoms with Crippen molar-refractivity contribution >= 4 is 37.6 Å². The van der Waals surface area contributed by atoms with E-state index in [4.69, 9.17) is 0 Å². The topological polar surface area (TPSA) is 17.1 Å². The highest BCUT2D eigenvalue weighted by atomic mass is 79.9. The van der Waals surface area contributed by atoms with Crippen molar-refractivity contribution in [1.82, 2.24) is 0 Å². The minimum atomic E-state index is 0.263. The number of carbonyl (C=O) groups excluding carboxylic acids is 1. The molecule has 0 heterocycles. The van der Waals surface area contributed by atoms with E-state index in [2.05, 4.69) is 31.9 Å². The van der Waals surface area contributed by atoms with Crippen LogP contribution in [0.4, 0.5) is 0 Å². The summed E-state index contributed by atoms with van der Waals surface area (Å²) in [5, 5.41) is 1.03. The minimum absolute atomic E-state index is 0.263. The number of rotatable bonds is 6. The second-order valence-electron chi connectivity index (χ2n) is 3.88. The first-order valence-corrected chi connectivity index (χ1v) is 7.42. The number of carbonyl (C=O) groups is 1. The number of halogens is 2. The lowest BCUT2D eigenvalue weighted by Crippen LogP contribution is -2.01. The fourth-order valence-corrected chi connectivity index (χ4v) is 2.50. The van der Waals surface area contributed by atoms with Gasteiger partial charge in [0.15, 0.2) is 5.78 Å². The van der Waals surface area contributed by atoms with E-state index >= 15 is 0 Å². The van der Waals surface area contributed by atoms with Gasteiger partial charge in [-0.05, 0) is 37.5 Å². The first-order valence-electron chi connectivity index (χ1n) is 5.50. The van der Waals surface area contributed by atoms with Gasteiger partial charge in [-0.25, -0.2) is 0 Å². The van der Waals surface area contributed by atoms with E-state index in [1.54, 1.807) is 0 Å². The van der Waals surface area contributed by atoms with Gasteiger partial charge in [-0.1, -0.05) is 44.3 Å². The van der Waals surface area contributed by atoms with Gasteiger partial charge in [0.2, 0.25) is 0 Å². The lowest BCUT2D eigenvalue weighted by atomic mass is 10.0. The second-order valence-corrected chi connectivity index (χ2v) is 5.59. The van der Waals surface area contributed by atoms with Gasteiger partial charge in [-0.2, -0.15) is 0 Å². The lowest BCUT2D eigenvalue weighted by Gasteiger charge is -2.05. The number of hydrogen-bond donors (Lipinski definition) is 0. The quantitative estimate of drug-likeness (QED) is 0.406. The maximum Gasteiger partial charge on any atom is 0.163 e. The Morgan fingerprint density at radius 2 is 2.00 bits per heavy atom. The molecule has 0 unspecified atom stereocenters. The van der Waals surface area contributed by atoms with Crippen molar-refractivity contribution in [3.05, 3.63) is 33.8 Å². The molecule has 1 aromatic rings. The molecule has 88 valence electrons. The zero-order valence-corrected chi connectivity index (χ0v) is 12.6. The van der Waals surface area contributed by atoms with Crippen molar-refractivity contribution in [3.63, 3.8) is 0 Å². The molecule has 0 saturated heterocycles. The molecule has 0 aliphatic heterocycles. The number of hydrogen-bond acceptors (Lipinski definition) is 1. The van der Waals surface area contributed by atoms with Gasteiger partial charge in [-0.3, -0.25) is 4.79 Å². The summed E-state index contributed by atoms with van der Waals surface area (Å²) in [6.07, 6.45) is 3.91. The molecular weight excluding hydrogens is 332 g/mol. The van der Waals surface area contributed by atoms with Crippen LogP contribution in [-0.2, 0) is 0 Å². The van der Waals surface area contributed by atoms with Crippen molar-refractivity contribution in [1.29, 1.82) is 0 Å². The Morgan fingerprint density at radius 1 is 1.25 bits per heavy atom. The summed E-state index contributed by atoms with van der Waals surface area (Å²) in [6.45, 7) is 1.98. The van der Waals surface area contributed by atoms with Crippen molar-refractivity contribution in [2.75, 3.05) is 5.33 Å². The smallest absolute Gasteiger partial charge is 0.163 e. The molecule has 0 fully saturated rings. The van der Waals surface area contributed by atoms with E-state index in [-0.39, 0.29) is 5.78 Å². The largest absolute Gasteiger partial charge is 0.294 e. The van der Waals surface area contributed by atoms with Crippen LogP contribution >= 0.6 is 31.9 Å². The average molecular weight is 348 g/mol. The molecule has 0 aliphatic carbocycles. The SMILES string of the molecule is Cc1cc(Br)ccc1C(=O)CCCCCBr. The highest BCUT2D eigenvalue weighted by molar-refractivity contribution is 9.10. The molecule has 3 heteroatoms. The summed E-state index contributed by atoms with van der Waals surface area (Å²) in [4.78, 5) is 11.9. The third-order valence-electron chi connectivity index (χ3n) is 2.53. The molecule has 0 saturated carbocycles. The summed E-state index contributed by atoms with van der Waals surface area (Å²) in [5.41, 5.74) is 1.92. The second kappa shape index (κ2) is 7.23. The van der Waals surface area contributed by atoms with Gasteiger partial charge in [0.1, 0.15) is 0 Å². The van der Waals surface area contributed by atoms with Crippen LogP contribution in [0.1, 0.15) is 41.6 Å². The maximum absolute atomic E-state index is 11.9. The van der Waals surface area contributed by atoms with E-state index in [0.717, 1.165) is 40.2 Å². The van der Waals surface area contributed by atoms with Crippen molar-refractivity contribution in [2.45, 2.75) is 32.6 Å². The Bertz CT molecular complexity index is 361. The number of Topliss-reactive ketones (excluding diaryl/α,β-unsaturated/α-hetero) is 1. The zero-order chi connectivity index (χ0) is 12.0. The molecule has 1 aromatic carbocycles. The van der Waals surface area contributed by atoms with Crippen LogP contribution in [-0.4, -0.2) is 11.1 Å². The van der Waals surface area contributed by atoms with Gasteiger partial charge in [0.05, 0.1) is 0 Å². The van der Waals surface area contributed by atoms with Crippen molar-refractivity contribution < 1.29 is 4.79 Å². The Balaban J connectivity index is 2.53. The van der Waals surface area contributed by atoms with Gasteiger partial charge in [0, 0.05) is 21.8 Å². The Morgan fingerprint density at radius 3 is 2.62 bits per heavy atom. The fraction of sp³-hybridized carbons (Fsp3) is 0.462. The summed E-state index contributed by atoms with van der Waals surface area (Å²) < 4.78 is 1.03. The lowest BCUT2D eigenvalue weighted by molar-refractivity contribution is 0.0978. The van der Waals surface area contributed by atoms with Crippen LogP contribution in [0.5, 0.6) is 0 Å². The Hall–Kier alpha value is -0.150. The van der Waals surface area contributed by atoms with Gasteiger partial charge in [-0.15, -0.1) is 0 Å². The van der Waals surface area contributed by atoms with E-state index in [9.17, 15) is 4.79 Å². The number of benzene rings is 1. The van der Waals surface area contributed by atoms with Crippen LogP contribution in [0.3, 0.4) is 0 Å². The third kappa shape index (κ3) is 4.38. The van der Waals surface area contributed by atoms with E-state index in [1.807, 2.05) is 25.1 Å². The summed E-state index contributed by atoms with van der Waals surface area (Å²) in [5.74, 6) is 0.263. The molecule has 16 heavy (non-hydrogen) atoms. The molecule has 0 spiro atoms. The number of unbranched alkanes of at least 4 members (excludes halogenated alkanes) is 2. The molecule has 1 rings (SSSR count). The highest BCUT2D eigenvalue weighted by Gasteiger charge is 2.08. The predicted molar refractivity (Wildman–Crippen MR) is 75.5 cm³/mol. The monoisotopic (exact) mass is 346 g/mol. The number of alkyl halides is 1. The third-order valence-corrected chi connectivity index (χ3v) is 3.58. The van der Waals surface area contributed by atoms with Crippen LogP contribution in [0, 0.1) is 6.92 Å². The van der Waals surface area contributed by atoms with Crippen LogP contribution < -0.4 is 0 Å². The molecule has 0 aromatic heterocycles. The molecule has 0 bridgehead atoms. The Labute approximate surface area is 114 Å². The Kier molecular flexibility index (Phi) is 6.29. The van der Waals surface area contributed by atoms with Crippen LogP contribution in [0.25, 0.3) is 0 Å². The molecule has 0 amide bonds. The first-order chi connectivity index (χ1) is 7.65. The molecule has 0 atom stereocenters. The average Bonchev–Trinajstić information content (AvgIpc) is 2.24. The van der Waals surface area contributed by atoms with Gasteiger partial charge in [0.25, 0.3) is 0 Å². The highest BCUT2D eigenvalue weighted by Crippen LogP contribution is 2.18. The maximum atomic E-state index is 11.9. The zero-order valence-electron chi connectivity index (χ0n) is 9.43. The molecule has 1 nitrogen and oxygen atoms in total. The van der Waals surface area contributed by atoms with E-state index < -0.39 is 0 Å². The predicted octanol–water partition coefficient (Wildman–Crippen LogP) is 4.90. The standard InChI is InChI=1S/C13H16Br2O/c1-10-9-11(15)6-7-12(10)13(16)5-3-2-4-8-14/h6-7,9H,2-5,8H2,1H3. The number of ketones is 1. The minimum Gasteiger partial charge on any atom is -0.294 e. The van der Waals surface area contributed by atoms with E-state index in [1.165, 1.54) is 0 Å². The van der Waals surface area contributed by atoms with Crippen LogP contribution in [0.15, 0.2) is 22.7 Å². The summed E-state index contributed by atoms with van der Waals surface area (Å²) >= 11 is 6.79. The molecule has 0 aliphatic rings. The first kappa shape index (κ1) is 13.9. The van der Waals surface area contributed by atoms with Crippen molar-refractivity contribution in [2.24, 2.45) is 0 Å². The van der Waals surface area contributed by atoms with Gasteiger partial charge >= 0.3 is 0 Å². The molecular formula is C13H16Br2O. The van der Waals surface area contributed by atoms with Crippen LogP contribution in [0.2, 0.25) is 0 Å². The molecule has 0 radical (unpaired) electrons. The normalized spacial score (nSPS) is 10.4. The summed E-state index contributed by atoms with van der Waals surface area (Å²) in [6, 6.07) is 5.83. The van der Waals surface area contributed by atoms with E-state index in [0.29, 0.717) is 6.42 Å². The van der Waals surface area contributed by atoms with Crippen molar-refractivity contribution in [3.8, 4) is 0 Å². The number of aryl methyl sites for hydroxylation is 1. The fourth-order valence-electron chi connectivity index (χ4n) is 1.63. The van der Waals surface area contributed by atoms with Gasteiger partial charge < -0.3 is 0 Å². The molecule has 0 N–H and O–H groups in total. The summed E-state index contributed by atoms with van der Waals surface area (Å²) in [7, 11) is 0.